The summed E-state index contributed by atoms with van der Waals surface area (Å²) in [5.41, 5.74) is 3.06. The Hall–Kier alpha value is -2.63. The van der Waals surface area contributed by atoms with Crippen molar-refractivity contribution in [2.75, 3.05) is 49.1 Å². The fraction of sp³-hybridized carbons (Fsp3) is 0.522. The number of aromatic nitrogens is 2. The van der Waals surface area contributed by atoms with E-state index in [0.717, 1.165) is 57.9 Å². The summed E-state index contributed by atoms with van der Waals surface area (Å²) in [6.07, 6.45) is 1.90. The Morgan fingerprint density at radius 2 is 1.62 bits per heavy atom. The van der Waals surface area contributed by atoms with E-state index in [0.29, 0.717) is 11.5 Å². The second kappa shape index (κ2) is 9.72. The van der Waals surface area contributed by atoms with E-state index in [9.17, 15) is 4.79 Å². The van der Waals surface area contributed by atoms with Crippen LogP contribution in [0.2, 0.25) is 0 Å². The van der Waals surface area contributed by atoms with Crippen LogP contribution in [0.1, 0.15) is 48.6 Å². The monoisotopic (exact) mass is 395 g/mol. The van der Waals surface area contributed by atoms with E-state index in [1.807, 2.05) is 17.9 Å². The normalized spacial score (nSPS) is 14.2. The molecule has 156 valence electrons. The van der Waals surface area contributed by atoms with Crippen LogP contribution in [0.3, 0.4) is 0 Å². The van der Waals surface area contributed by atoms with Crippen molar-refractivity contribution < 1.29 is 4.79 Å². The maximum absolute atomic E-state index is 13.0. The van der Waals surface area contributed by atoms with Gasteiger partial charge >= 0.3 is 0 Å². The fourth-order valence-electron chi connectivity index (χ4n) is 3.86. The number of nitrogens with zero attached hydrogens (tertiary/aromatic N) is 5. The first-order chi connectivity index (χ1) is 14.0. The van der Waals surface area contributed by atoms with Crippen molar-refractivity contribution in [1.82, 2.24) is 14.9 Å². The van der Waals surface area contributed by atoms with Gasteiger partial charge in [0.2, 0.25) is 0 Å². The van der Waals surface area contributed by atoms with Crippen molar-refractivity contribution >= 4 is 17.4 Å². The zero-order chi connectivity index (χ0) is 20.8. The first-order valence-corrected chi connectivity index (χ1v) is 10.7. The van der Waals surface area contributed by atoms with Crippen LogP contribution in [0.4, 0.5) is 11.5 Å². The van der Waals surface area contributed by atoms with Crippen LogP contribution in [0.15, 0.2) is 30.3 Å². The maximum Gasteiger partial charge on any atom is 0.272 e. The lowest BCUT2D eigenvalue weighted by atomic mass is 10.2. The highest BCUT2D eigenvalue weighted by Crippen LogP contribution is 2.21. The number of anilines is 2. The van der Waals surface area contributed by atoms with E-state index >= 15 is 0 Å². The molecule has 3 rings (SSSR count). The van der Waals surface area contributed by atoms with Crippen LogP contribution in [0.5, 0.6) is 0 Å². The zero-order valence-corrected chi connectivity index (χ0v) is 18.2. The third kappa shape index (κ3) is 5.25. The highest BCUT2D eigenvalue weighted by atomic mass is 16.2. The van der Waals surface area contributed by atoms with Gasteiger partial charge in [-0.15, -0.1) is 0 Å². The van der Waals surface area contributed by atoms with Gasteiger partial charge in [0.15, 0.2) is 0 Å². The predicted molar refractivity (Wildman–Crippen MR) is 119 cm³/mol. The zero-order valence-electron chi connectivity index (χ0n) is 18.2. The highest BCUT2D eigenvalue weighted by Gasteiger charge is 2.22. The molecule has 1 aliphatic heterocycles. The minimum atomic E-state index is 0.0128. The summed E-state index contributed by atoms with van der Waals surface area (Å²) in [6.45, 7) is 13.4. The summed E-state index contributed by atoms with van der Waals surface area (Å²) >= 11 is 0. The molecule has 1 aliphatic rings. The third-order valence-corrected chi connectivity index (χ3v) is 5.29. The Bertz CT molecular complexity index is 824. The largest absolute Gasteiger partial charge is 0.368 e. The van der Waals surface area contributed by atoms with Gasteiger partial charge in [-0.2, -0.15) is 0 Å². The molecule has 1 aromatic heterocycles. The molecular formula is C23H33N5O. The minimum Gasteiger partial charge on any atom is -0.368 e. The van der Waals surface area contributed by atoms with Gasteiger partial charge in [-0.1, -0.05) is 26.0 Å². The molecule has 2 heterocycles. The van der Waals surface area contributed by atoms with Crippen molar-refractivity contribution in [1.29, 1.82) is 0 Å². The van der Waals surface area contributed by atoms with E-state index in [1.165, 1.54) is 11.3 Å². The van der Waals surface area contributed by atoms with Gasteiger partial charge in [-0.25, -0.2) is 9.97 Å². The summed E-state index contributed by atoms with van der Waals surface area (Å²) in [7, 11) is 0. The number of hydrogen-bond acceptors (Lipinski definition) is 5. The van der Waals surface area contributed by atoms with Crippen molar-refractivity contribution in [2.24, 2.45) is 0 Å². The first kappa shape index (κ1) is 21.1. The molecule has 0 saturated carbocycles. The quantitative estimate of drug-likeness (QED) is 0.716. The maximum atomic E-state index is 13.0. The Kier molecular flexibility index (Phi) is 7.07. The number of benzene rings is 1. The SMILES string of the molecule is CCCN(CCC)C(=O)c1cc(N2CCN(c3cccc(C)c3)CC2)nc(C)n1. The van der Waals surface area contributed by atoms with E-state index < -0.39 is 0 Å². The van der Waals surface area contributed by atoms with Gasteiger partial charge in [0.05, 0.1) is 0 Å². The second-order valence-electron chi connectivity index (χ2n) is 7.76. The smallest absolute Gasteiger partial charge is 0.272 e. The van der Waals surface area contributed by atoms with Gasteiger partial charge in [-0.3, -0.25) is 4.79 Å². The summed E-state index contributed by atoms with van der Waals surface area (Å²) < 4.78 is 0. The molecule has 1 aromatic carbocycles. The Labute approximate surface area is 174 Å². The standard InChI is InChI=1S/C23H33N5O/c1-5-10-28(11-6-2)23(29)21-17-22(25-19(4)24-21)27-14-12-26(13-15-27)20-9-7-8-18(3)16-20/h7-9,16-17H,5-6,10-15H2,1-4H3. The second-order valence-corrected chi connectivity index (χ2v) is 7.76. The number of amides is 1. The molecule has 0 atom stereocenters. The fourth-order valence-corrected chi connectivity index (χ4v) is 3.86. The molecule has 29 heavy (non-hydrogen) atoms. The van der Waals surface area contributed by atoms with Crippen molar-refractivity contribution in [2.45, 2.75) is 40.5 Å². The van der Waals surface area contributed by atoms with Crippen molar-refractivity contribution in [3.63, 3.8) is 0 Å². The Morgan fingerprint density at radius 3 is 2.24 bits per heavy atom. The lowest BCUT2D eigenvalue weighted by molar-refractivity contribution is 0.0749. The Morgan fingerprint density at radius 1 is 0.966 bits per heavy atom. The molecule has 1 fully saturated rings. The number of piperazine rings is 1. The lowest BCUT2D eigenvalue weighted by Crippen LogP contribution is -2.47. The number of hydrogen-bond donors (Lipinski definition) is 0. The summed E-state index contributed by atoms with van der Waals surface area (Å²) in [6, 6.07) is 10.5. The predicted octanol–water partition coefficient (Wildman–Crippen LogP) is 3.68. The molecule has 0 radical (unpaired) electrons. The molecular weight excluding hydrogens is 362 g/mol. The van der Waals surface area contributed by atoms with E-state index in [-0.39, 0.29) is 5.91 Å². The topological polar surface area (TPSA) is 52.6 Å². The van der Waals surface area contributed by atoms with Crippen molar-refractivity contribution in [3.8, 4) is 0 Å². The minimum absolute atomic E-state index is 0.0128. The van der Waals surface area contributed by atoms with Crippen LogP contribution < -0.4 is 9.80 Å². The third-order valence-electron chi connectivity index (χ3n) is 5.29. The van der Waals surface area contributed by atoms with Crippen LogP contribution in [0, 0.1) is 13.8 Å². The summed E-state index contributed by atoms with van der Waals surface area (Å²) in [5, 5.41) is 0. The van der Waals surface area contributed by atoms with E-state index in [4.69, 9.17) is 0 Å². The lowest BCUT2D eigenvalue weighted by Gasteiger charge is -2.37. The molecule has 0 spiro atoms. The number of carbonyl (C=O) groups is 1. The molecule has 6 nitrogen and oxygen atoms in total. The van der Waals surface area contributed by atoms with Gasteiger partial charge in [0, 0.05) is 51.0 Å². The average Bonchev–Trinajstić information content (AvgIpc) is 2.73. The van der Waals surface area contributed by atoms with Crippen LogP contribution >= 0.6 is 0 Å². The average molecular weight is 396 g/mol. The van der Waals surface area contributed by atoms with Crippen LogP contribution in [0.25, 0.3) is 0 Å². The highest BCUT2D eigenvalue weighted by molar-refractivity contribution is 5.93. The van der Waals surface area contributed by atoms with Gasteiger partial charge < -0.3 is 14.7 Å². The Balaban J connectivity index is 1.72. The summed E-state index contributed by atoms with van der Waals surface area (Å²) in [5.74, 6) is 1.52. The van der Waals surface area contributed by atoms with Gasteiger partial charge in [-0.05, 0) is 44.4 Å². The molecule has 0 unspecified atom stereocenters. The van der Waals surface area contributed by atoms with E-state index in [2.05, 4.69) is 64.8 Å². The molecule has 1 saturated heterocycles. The molecule has 6 heteroatoms. The molecule has 0 bridgehead atoms. The van der Waals surface area contributed by atoms with Crippen molar-refractivity contribution in [3.05, 3.63) is 47.4 Å². The van der Waals surface area contributed by atoms with Crippen LogP contribution in [-0.4, -0.2) is 60.0 Å². The molecule has 2 aromatic rings. The summed E-state index contributed by atoms with van der Waals surface area (Å²) in [4.78, 5) is 28.6. The van der Waals surface area contributed by atoms with E-state index in [1.54, 1.807) is 0 Å². The first-order valence-electron chi connectivity index (χ1n) is 10.7. The van der Waals surface area contributed by atoms with Gasteiger partial charge in [0.1, 0.15) is 17.3 Å². The molecule has 0 N–H and O–H groups in total. The number of rotatable bonds is 7. The molecule has 1 amide bonds. The van der Waals surface area contributed by atoms with Gasteiger partial charge in [0.25, 0.3) is 5.91 Å². The molecule has 0 aliphatic carbocycles. The number of aryl methyl sites for hydroxylation is 2. The number of carbonyl (C=O) groups excluding carboxylic acids is 1. The van der Waals surface area contributed by atoms with Crippen LogP contribution in [-0.2, 0) is 0 Å².